The van der Waals surface area contributed by atoms with Crippen molar-refractivity contribution >= 4 is 28.3 Å². The zero-order valence-corrected chi connectivity index (χ0v) is 16.1. The molecule has 2 aromatic heterocycles. The first-order valence-electron chi connectivity index (χ1n) is 9.95. The number of pyridine rings is 1. The Hall–Kier alpha value is -3.38. The molecular formula is C23H23N5O. The smallest absolute Gasteiger partial charge is 0.227 e. The highest BCUT2D eigenvalue weighted by molar-refractivity contribution is 5.89. The van der Waals surface area contributed by atoms with E-state index in [4.69, 9.17) is 15.1 Å². The van der Waals surface area contributed by atoms with Crippen molar-refractivity contribution in [1.29, 1.82) is 0 Å². The van der Waals surface area contributed by atoms with Gasteiger partial charge in [-0.2, -0.15) is 0 Å². The Bertz CT molecular complexity index is 1120. The van der Waals surface area contributed by atoms with Gasteiger partial charge in [0.25, 0.3) is 0 Å². The van der Waals surface area contributed by atoms with Gasteiger partial charge in [0.05, 0.1) is 11.4 Å². The van der Waals surface area contributed by atoms with Crippen LogP contribution in [-0.4, -0.2) is 29.1 Å². The summed E-state index contributed by atoms with van der Waals surface area (Å²) in [5.41, 5.74) is 10.7. The predicted molar refractivity (Wildman–Crippen MR) is 116 cm³/mol. The summed E-state index contributed by atoms with van der Waals surface area (Å²) >= 11 is 0. The maximum Gasteiger partial charge on any atom is 0.227 e. The number of hydrogen-bond acceptors (Lipinski definition) is 6. The lowest BCUT2D eigenvalue weighted by molar-refractivity contribution is 0.506. The van der Waals surface area contributed by atoms with Crippen LogP contribution in [0.5, 0.6) is 0 Å². The molecule has 0 amide bonds. The third-order valence-electron chi connectivity index (χ3n) is 5.28. The van der Waals surface area contributed by atoms with Crippen molar-refractivity contribution in [2.24, 2.45) is 5.73 Å². The number of benzene rings is 2. The minimum Gasteiger partial charge on any atom is -0.436 e. The molecule has 1 saturated heterocycles. The Morgan fingerprint density at radius 3 is 2.72 bits per heavy atom. The Balaban J connectivity index is 1.51. The van der Waals surface area contributed by atoms with Crippen molar-refractivity contribution < 1.29 is 4.42 Å². The topological polar surface area (TPSA) is 80.2 Å². The molecule has 0 spiro atoms. The molecule has 6 heteroatoms. The van der Waals surface area contributed by atoms with E-state index in [0.29, 0.717) is 17.3 Å². The number of fused-ring (bicyclic) bond motifs is 1. The van der Waals surface area contributed by atoms with Gasteiger partial charge in [0.1, 0.15) is 0 Å². The van der Waals surface area contributed by atoms with Crippen molar-refractivity contribution in [3.05, 3.63) is 66.9 Å². The SMILES string of the molecule is N[C@H]1CCCN(c2ccccc2Nc2nccc3oc(-c4ccccc4)nc23)C1. The van der Waals surface area contributed by atoms with E-state index < -0.39 is 0 Å². The minimum atomic E-state index is 0.210. The molecule has 5 rings (SSSR count). The highest BCUT2D eigenvalue weighted by atomic mass is 16.3. The second kappa shape index (κ2) is 7.56. The van der Waals surface area contributed by atoms with Gasteiger partial charge in [-0.25, -0.2) is 9.97 Å². The van der Waals surface area contributed by atoms with Crippen LogP contribution in [0.15, 0.2) is 71.3 Å². The van der Waals surface area contributed by atoms with Crippen LogP contribution in [0.3, 0.4) is 0 Å². The van der Waals surface area contributed by atoms with Gasteiger partial charge in [-0.05, 0) is 37.1 Å². The van der Waals surface area contributed by atoms with Gasteiger partial charge in [-0.1, -0.05) is 30.3 Å². The molecule has 1 aliphatic rings. The van der Waals surface area contributed by atoms with Crippen molar-refractivity contribution in [1.82, 2.24) is 9.97 Å². The first kappa shape index (κ1) is 17.7. The van der Waals surface area contributed by atoms with E-state index in [9.17, 15) is 0 Å². The Kier molecular flexibility index (Phi) is 4.62. The summed E-state index contributed by atoms with van der Waals surface area (Å²) in [7, 11) is 0. The first-order valence-corrected chi connectivity index (χ1v) is 9.95. The third kappa shape index (κ3) is 3.54. The van der Waals surface area contributed by atoms with Gasteiger partial charge in [0, 0.05) is 37.0 Å². The van der Waals surface area contributed by atoms with Gasteiger partial charge < -0.3 is 20.4 Å². The van der Waals surface area contributed by atoms with Gasteiger partial charge in [0.2, 0.25) is 5.89 Å². The largest absolute Gasteiger partial charge is 0.436 e. The number of para-hydroxylation sites is 2. The fourth-order valence-corrected chi connectivity index (χ4v) is 3.86. The maximum atomic E-state index is 6.20. The van der Waals surface area contributed by atoms with Crippen LogP contribution in [0, 0.1) is 0 Å². The van der Waals surface area contributed by atoms with Gasteiger partial charge in [-0.3, -0.25) is 0 Å². The number of anilines is 3. The second-order valence-corrected chi connectivity index (χ2v) is 7.38. The Morgan fingerprint density at radius 2 is 1.86 bits per heavy atom. The second-order valence-electron chi connectivity index (χ2n) is 7.38. The van der Waals surface area contributed by atoms with Crippen molar-refractivity contribution in [3.8, 4) is 11.5 Å². The normalized spacial score (nSPS) is 16.9. The van der Waals surface area contributed by atoms with Crippen LogP contribution in [0.25, 0.3) is 22.6 Å². The van der Waals surface area contributed by atoms with Crippen LogP contribution >= 0.6 is 0 Å². The van der Waals surface area contributed by atoms with Crippen LogP contribution in [0.4, 0.5) is 17.2 Å². The highest BCUT2D eigenvalue weighted by Gasteiger charge is 2.20. The molecule has 6 nitrogen and oxygen atoms in total. The number of hydrogen-bond donors (Lipinski definition) is 2. The van der Waals surface area contributed by atoms with Crippen LogP contribution in [0.2, 0.25) is 0 Å². The van der Waals surface area contributed by atoms with E-state index >= 15 is 0 Å². The molecule has 3 N–H and O–H groups in total. The lowest BCUT2D eigenvalue weighted by Gasteiger charge is -2.34. The molecule has 1 fully saturated rings. The number of rotatable bonds is 4. The predicted octanol–water partition coefficient (Wildman–Crippen LogP) is 4.56. The Morgan fingerprint density at radius 1 is 1.03 bits per heavy atom. The summed E-state index contributed by atoms with van der Waals surface area (Å²) < 4.78 is 5.98. The van der Waals surface area contributed by atoms with Gasteiger partial charge >= 0.3 is 0 Å². The van der Waals surface area contributed by atoms with Crippen LogP contribution in [0.1, 0.15) is 12.8 Å². The number of nitrogens with two attached hydrogens (primary N) is 1. The number of oxazole rings is 1. The van der Waals surface area contributed by atoms with Crippen molar-refractivity contribution in [2.75, 3.05) is 23.3 Å². The summed E-state index contributed by atoms with van der Waals surface area (Å²) in [6.07, 6.45) is 3.92. The lowest BCUT2D eigenvalue weighted by Crippen LogP contribution is -2.43. The number of piperidine rings is 1. The van der Waals surface area contributed by atoms with E-state index in [-0.39, 0.29) is 6.04 Å². The molecule has 146 valence electrons. The summed E-state index contributed by atoms with van der Waals surface area (Å²) in [5.74, 6) is 1.27. The summed E-state index contributed by atoms with van der Waals surface area (Å²) in [5, 5.41) is 3.48. The molecular weight excluding hydrogens is 362 g/mol. The maximum absolute atomic E-state index is 6.20. The van der Waals surface area contributed by atoms with Gasteiger partial charge in [-0.15, -0.1) is 0 Å². The molecule has 0 bridgehead atoms. The minimum absolute atomic E-state index is 0.210. The molecule has 1 aliphatic heterocycles. The standard InChI is InChI=1S/C23H23N5O/c24-17-9-6-14-28(15-17)19-11-5-4-10-18(19)26-22-21-20(12-13-25-22)29-23(27-21)16-7-2-1-3-8-16/h1-5,7-8,10-13,17H,6,9,14-15,24H2,(H,25,26)/t17-/m0/s1. The number of nitrogens with zero attached hydrogens (tertiary/aromatic N) is 3. The molecule has 4 aromatic rings. The zero-order valence-electron chi connectivity index (χ0n) is 16.1. The molecule has 0 unspecified atom stereocenters. The summed E-state index contributed by atoms with van der Waals surface area (Å²) in [4.78, 5) is 11.6. The fourth-order valence-electron chi connectivity index (χ4n) is 3.86. The van der Waals surface area contributed by atoms with Crippen LogP contribution < -0.4 is 16.0 Å². The third-order valence-corrected chi connectivity index (χ3v) is 5.28. The van der Waals surface area contributed by atoms with E-state index in [0.717, 1.165) is 48.4 Å². The quantitative estimate of drug-likeness (QED) is 0.536. The fraction of sp³-hybridized carbons (Fsp3) is 0.217. The van der Waals surface area contributed by atoms with E-state index in [1.165, 1.54) is 0 Å². The molecule has 1 atom stereocenters. The summed E-state index contributed by atoms with van der Waals surface area (Å²) in [6, 6.07) is 20.2. The average Bonchev–Trinajstić information content (AvgIpc) is 3.20. The molecule has 0 saturated carbocycles. The lowest BCUT2D eigenvalue weighted by atomic mass is 10.1. The van der Waals surface area contributed by atoms with Gasteiger partial charge in [0.15, 0.2) is 16.9 Å². The Labute approximate surface area is 169 Å². The monoisotopic (exact) mass is 385 g/mol. The molecule has 29 heavy (non-hydrogen) atoms. The summed E-state index contributed by atoms with van der Waals surface area (Å²) in [6.45, 7) is 1.87. The van der Waals surface area contributed by atoms with Crippen molar-refractivity contribution in [2.45, 2.75) is 18.9 Å². The molecule has 3 heterocycles. The number of nitrogens with one attached hydrogen (secondary N) is 1. The van der Waals surface area contributed by atoms with Crippen LogP contribution in [-0.2, 0) is 0 Å². The molecule has 0 aliphatic carbocycles. The van der Waals surface area contributed by atoms with E-state index in [2.05, 4.69) is 33.4 Å². The number of aromatic nitrogens is 2. The van der Waals surface area contributed by atoms with Crippen molar-refractivity contribution in [3.63, 3.8) is 0 Å². The van der Waals surface area contributed by atoms with E-state index in [1.54, 1.807) is 6.20 Å². The average molecular weight is 385 g/mol. The molecule has 0 radical (unpaired) electrons. The zero-order chi connectivity index (χ0) is 19.6. The molecule has 2 aromatic carbocycles. The first-order chi connectivity index (χ1) is 14.3. The highest BCUT2D eigenvalue weighted by Crippen LogP contribution is 2.33. The van der Waals surface area contributed by atoms with E-state index in [1.807, 2.05) is 42.5 Å².